The van der Waals surface area contributed by atoms with Gasteiger partial charge in [-0.1, -0.05) is 15.9 Å². The van der Waals surface area contributed by atoms with E-state index >= 15 is 0 Å². The molecule has 0 aliphatic heterocycles. The van der Waals surface area contributed by atoms with Gasteiger partial charge in [-0.15, -0.1) is 0 Å². The van der Waals surface area contributed by atoms with E-state index in [4.69, 9.17) is 0 Å². The quantitative estimate of drug-likeness (QED) is 0.897. The molecule has 0 saturated carbocycles. The summed E-state index contributed by atoms with van der Waals surface area (Å²) >= 11 is 3.32. The third-order valence-corrected chi connectivity index (χ3v) is 3.43. The normalized spacial score (nSPS) is 11.8. The van der Waals surface area contributed by atoms with E-state index in [1.54, 1.807) is 26.0 Å². The fourth-order valence-electron chi connectivity index (χ4n) is 1.29. The molecule has 0 bridgehead atoms. The van der Waals surface area contributed by atoms with Crippen molar-refractivity contribution in [1.29, 1.82) is 0 Å². The van der Waals surface area contributed by atoms with Crippen LogP contribution in [0.1, 0.15) is 19.4 Å². The van der Waals surface area contributed by atoms with Crippen LogP contribution in [-0.2, 0) is 10.2 Å². The van der Waals surface area contributed by atoms with E-state index < -0.39 is 10.2 Å². The molecule has 0 aromatic heterocycles. The first-order chi connectivity index (χ1) is 7.28. The standard InChI is InChI=1S/C10H15BrN2O2S/c1-7(2)12-16(14,15)13-10-5-8(3)4-9(11)6-10/h4-7,12-13H,1-3H3. The van der Waals surface area contributed by atoms with Crippen molar-refractivity contribution in [2.75, 3.05) is 4.72 Å². The molecule has 0 radical (unpaired) electrons. The van der Waals surface area contributed by atoms with Gasteiger partial charge >= 0.3 is 0 Å². The van der Waals surface area contributed by atoms with E-state index in [1.165, 1.54) is 0 Å². The van der Waals surface area contributed by atoms with Gasteiger partial charge in [-0.05, 0) is 44.5 Å². The number of hydrogen-bond acceptors (Lipinski definition) is 2. The molecule has 6 heteroatoms. The van der Waals surface area contributed by atoms with Gasteiger partial charge < -0.3 is 0 Å². The minimum Gasteiger partial charge on any atom is -0.271 e. The summed E-state index contributed by atoms with van der Waals surface area (Å²) in [5, 5.41) is 0. The molecular formula is C10H15BrN2O2S. The molecule has 0 heterocycles. The lowest BCUT2D eigenvalue weighted by Gasteiger charge is -2.12. The number of rotatable bonds is 4. The molecule has 1 rings (SSSR count). The molecule has 0 unspecified atom stereocenters. The lowest BCUT2D eigenvalue weighted by molar-refractivity contribution is 0.575. The molecule has 0 fully saturated rings. The summed E-state index contributed by atoms with van der Waals surface area (Å²) in [6, 6.07) is 5.26. The second kappa shape index (κ2) is 5.16. The van der Waals surface area contributed by atoms with Crippen molar-refractivity contribution in [1.82, 2.24) is 4.72 Å². The van der Waals surface area contributed by atoms with Crippen LogP contribution in [-0.4, -0.2) is 14.5 Å². The van der Waals surface area contributed by atoms with E-state index in [0.717, 1.165) is 10.0 Å². The fraction of sp³-hybridized carbons (Fsp3) is 0.400. The number of halogens is 1. The number of anilines is 1. The number of hydrogen-bond donors (Lipinski definition) is 2. The highest BCUT2D eigenvalue weighted by Crippen LogP contribution is 2.19. The van der Waals surface area contributed by atoms with Crippen molar-refractivity contribution in [2.45, 2.75) is 26.8 Å². The van der Waals surface area contributed by atoms with Crippen molar-refractivity contribution < 1.29 is 8.42 Å². The lowest BCUT2D eigenvalue weighted by Crippen LogP contribution is -2.35. The van der Waals surface area contributed by atoms with E-state index in [0.29, 0.717) is 5.69 Å². The maximum Gasteiger partial charge on any atom is 0.299 e. The minimum absolute atomic E-state index is 0.134. The Hall–Kier alpha value is -0.590. The van der Waals surface area contributed by atoms with E-state index in [1.807, 2.05) is 13.0 Å². The summed E-state index contributed by atoms with van der Waals surface area (Å²) < 4.78 is 28.9. The summed E-state index contributed by atoms with van der Waals surface area (Å²) in [4.78, 5) is 0. The van der Waals surface area contributed by atoms with Gasteiger partial charge in [0.1, 0.15) is 0 Å². The molecule has 0 spiro atoms. The molecule has 0 amide bonds. The van der Waals surface area contributed by atoms with Crippen LogP contribution in [0.5, 0.6) is 0 Å². The van der Waals surface area contributed by atoms with Crippen LogP contribution in [0, 0.1) is 6.92 Å². The largest absolute Gasteiger partial charge is 0.299 e. The van der Waals surface area contributed by atoms with Crippen molar-refractivity contribution in [3.8, 4) is 0 Å². The van der Waals surface area contributed by atoms with Gasteiger partial charge in [-0.3, -0.25) is 4.72 Å². The van der Waals surface area contributed by atoms with Gasteiger partial charge in [0, 0.05) is 10.5 Å². The summed E-state index contributed by atoms with van der Waals surface area (Å²) in [6.07, 6.45) is 0. The van der Waals surface area contributed by atoms with Crippen LogP contribution in [0.3, 0.4) is 0 Å². The van der Waals surface area contributed by atoms with Gasteiger partial charge in [0.25, 0.3) is 10.2 Å². The zero-order chi connectivity index (χ0) is 12.3. The van der Waals surface area contributed by atoms with Crippen LogP contribution in [0.15, 0.2) is 22.7 Å². The van der Waals surface area contributed by atoms with Gasteiger partial charge in [-0.2, -0.15) is 13.1 Å². The van der Waals surface area contributed by atoms with Crippen LogP contribution in [0.2, 0.25) is 0 Å². The average molecular weight is 307 g/mol. The molecule has 0 atom stereocenters. The average Bonchev–Trinajstić information content (AvgIpc) is 1.95. The third-order valence-electron chi connectivity index (χ3n) is 1.69. The second-order valence-corrected chi connectivity index (χ2v) is 6.26. The molecule has 2 N–H and O–H groups in total. The minimum atomic E-state index is -3.49. The van der Waals surface area contributed by atoms with Gasteiger partial charge in [0.2, 0.25) is 0 Å². The highest BCUT2D eigenvalue weighted by atomic mass is 79.9. The Balaban J connectivity index is 2.88. The Morgan fingerprint density at radius 2 is 1.88 bits per heavy atom. The summed E-state index contributed by atoms with van der Waals surface area (Å²) in [6.45, 7) is 5.44. The Morgan fingerprint density at radius 1 is 1.25 bits per heavy atom. The highest BCUT2D eigenvalue weighted by molar-refractivity contribution is 9.10. The summed E-state index contributed by atoms with van der Waals surface area (Å²) in [5.41, 5.74) is 1.52. The maximum atomic E-state index is 11.6. The molecule has 0 aliphatic rings. The highest BCUT2D eigenvalue weighted by Gasteiger charge is 2.11. The second-order valence-electron chi connectivity index (χ2n) is 3.90. The topological polar surface area (TPSA) is 58.2 Å². The SMILES string of the molecule is Cc1cc(Br)cc(NS(=O)(=O)NC(C)C)c1. The molecule has 90 valence electrons. The Labute approximate surface area is 105 Å². The Kier molecular flexibility index (Phi) is 4.35. The zero-order valence-electron chi connectivity index (χ0n) is 9.41. The first-order valence-corrected chi connectivity index (χ1v) is 7.13. The smallest absolute Gasteiger partial charge is 0.271 e. The molecular weight excluding hydrogens is 292 g/mol. The van der Waals surface area contributed by atoms with Gasteiger partial charge in [-0.25, -0.2) is 0 Å². The zero-order valence-corrected chi connectivity index (χ0v) is 11.8. The third kappa shape index (κ3) is 4.51. The van der Waals surface area contributed by atoms with Crippen LogP contribution in [0.4, 0.5) is 5.69 Å². The first kappa shape index (κ1) is 13.5. The van der Waals surface area contributed by atoms with Gasteiger partial charge in [0.15, 0.2) is 0 Å². The predicted molar refractivity (Wildman–Crippen MR) is 69.7 cm³/mol. The van der Waals surface area contributed by atoms with Crippen LogP contribution >= 0.6 is 15.9 Å². The molecule has 1 aromatic carbocycles. The van der Waals surface area contributed by atoms with Crippen molar-refractivity contribution >= 4 is 31.8 Å². The Morgan fingerprint density at radius 3 is 2.38 bits per heavy atom. The number of benzene rings is 1. The van der Waals surface area contributed by atoms with E-state index in [9.17, 15) is 8.42 Å². The molecule has 0 saturated heterocycles. The first-order valence-electron chi connectivity index (χ1n) is 4.86. The van der Waals surface area contributed by atoms with Crippen molar-refractivity contribution in [3.63, 3.8) is 0 Å². The summed E-state index contributed by atoms with van der Waals surface area (Å²) in [7, 11) is -3.49. The van der Waals surface area contributed by atoms with E-state index in [-0.39, 0.29) is 6.04 Å². The predicted octanol–water partition coefficient (Wildman–Crippen LogP) is 2.41. The fourth-order valence-corrected chi connectivity index (χ4v) is 3.01. The lowest BCUT2D eigenvalue weighted by atomic mass is 10.2. The van der Waals surface area contributed by atoms with Crippen LogP contribution in [0.25, 0.3) is 0 Å². The van der Waals surface area contributed by atoms with Crippen LogP contribution < -0.4 is 9.44 Å². The molecule has 1 aromatic rings. The number of nitrogens with one attached hydrogen (secondary N) is 2. The Bertz CT molecular complexity index is 451. The summed E-state index contributed by atoms with van der Waals surface area (Å²) in [5.74, 6) is 0. The number of aryl methyl sites for hydroxylation is 1. The monoisotopic (exact) mass is 306 g/mol. The molecule has 0 aliphatic carbocycles. The van der Waals surface area contributed by atoms with E-state index in [2.05, 4.69) is 25.4 Å². The molecule has 16 heavy (non-hydrogen) atoms. The van der Waals surface area contributed by atoms with Gasteiger partial charge in [0.05, 0.1) is 5.69 Å². The van der Waals surface area contributed by atoms with Crippen molar-refractivity contribution in [2.24, 2.45) is 0 Å². The maximum absolute atomic E-state index is 11.6. The van der Waals surface area contributed by atoms with Crippen molar-refractivity contribution in [3.05, 3.63) is 28.2 Å². The molecule has 4 nitrogen and oxygen atoms in total.